The van der Waals surface area contributed by atoms with Gasteiger partial charge in [0.05, 0.1) is 17.6 Å². The van der Waals surface area contributed by atoms with Gasteiger partial charge in [-0.1, -0.05) is 0 Å². The molecule has 150 valence electrons. The van der Waals surface area contributed by atoms with Gasteiger partial charge >= 0.3 is 0 Å². The summed E-state index contributed by atoms with van der Waals surface area (Å²) in [6, 6.07) is 18.1. The first-order valence-electron chi connectivity index (χ1n) is 8.92. The normalized spacial score (nSPS) is 10.6. The zero-order valence-corrected chi connectivity index (χ0v) is 15.8. The standard InChI is InChI=1S/C22H16N2O6/c1-28-16-7-9-18(10-8-16)30-17-5-2-14(3-6-17)23-22(25)20-13-29-21-11-4-15(24(26)27)12-19(20)21/h2-13H,1H3,(H,23,25). The zero-order valence-electron chi connectivity index (χ0n) is 15.8. The van der Waals surface area contributed by atoms with Crippen molar-refractivity contribution < 1.29 is 23.6 Å². The molecule has 0 unspecified atom stereocenters. The number of hydrogen-bond acceptors (Lipinski definition) is 6. The van der Waals surface area contributed by atoms with Crippen LogP contribution in [0, 0.1) is 10.1 Å². The second kappa shape index (κ2) is 7.96. The maximum atomic E-state index is 12.6. The molecule has 0 aliphatic carbocycles. The molecule has 0 radical (unpaired) electrons. The molecule has 0 atom stereocenters. The van der Waals surface area contributed by atoms with Crippen molar-refractivity contribution in [3.05, 3.63) is 88.7 Å². The van der Waals surface area contributed by atoms with E-state index in [2.05, 4.69) is 5.32 Å². The number of fused-ring (bicyclic) bond motifs is 1. The summed E-state index contributed by atoms with van der Waals surface area (Å²) in [6.07, 6.45) is 1.28. The number of nitrogens with one attached hydrogen (secondary N) is 1. The van der Waals surface area contributed by atoms with Gasteiger partial charge in [-0.15, -0.1) is 0 Å². The van der Waals surface area contributed by atoms with E-state index >= 15 is 0 Å². The van der Waals surface area contributed by atoms with Crippen molar-refractivity contribution in [2.45, 2.75) is 0 Å². The largest absolute Gasteiger partial charge is 0.497 e. The molecule has 0 fully saturated rings. The molecule has 1 aromatic heterocycles. The average molecular weight is 404 g/mol. The maximum absolute atomic E-state index is 12.6. The lowest BCUT2D eigenvalue weighted by atomic mass is 10.1. The van der Waals surface area contributed by atoms with E-state index in [1.54, 1.807) is 55.6 Å². The van der Waals surface area contributed by atoms with Crippen molar-refractivity contribution >= 4 is 28.3 Å². The summed E-state index contributed by atoms with van der Waals surface area (Å²) in [7, 11) is 1.59. The van der Waals surface area contributed by atoms with Gasteiger partial charge in [0.1, 0.15) is 29.1 Å². The highest BCUT2D eigenvalue weighted by Gasteiger charge is 2.17. The van der Waals surface area contributed by atoms with Crippen LogP contribution < -0.4 is 14.8 Å². The molecule has 8 heteroatoms. The molecule has 8 nitrogen and oxygen atoms in total. The number of amides is 1. The smallest absolute Gasteiger partial charge is 0.270 e. The molecule has 0 saturated heterocycles. The Morgan fingerprint density at radius 1 is 0.967 bits per heavy atom. The van der Waals surface area contributed by atoms with Crippen LogP contribution in [0.2, 0.25) is 0 Å². The van der Waals surface area contributed by atoms with Crippen LogP contribution in [0.5, 0.6) is 17.2 Å². The maximum Gasteiger partial charge on any atom is 0.270 e. The minimum atomic E-state index is -0.518. The van der Waals surface area contributed by atoms with Crippen molar-refractivity contribution in [2.24, 2.45) is 0 Å². The Morgan fingerprint density at radius 3 is 2.23 bits per heavy atom. The number of carbonyl (C=O) groups is 1. The minimum absolute atomic E-state index is 0.113. The molecule has 4 rings (SSSR count). The van der Waals surface area contributed by atoms with E-state index in [0.29, 0.717) is 28.2 Å². The second-order valence-electron chi connectivity index (χ2n) is 6.34. The van der Waals surface area contributed by atoms with Crippen molar-refractivity contribution in [2.75, 3.05) is 12.4 Å². The lowest BCUT2D eigenvalue weighted by Gasteiger charge is -2.08. The minimum Gasteiger partial charge on any atom is -0.497 e. The molecule has 0 saturated carbocycles. The van der Waals surface area contributed by atoms with Crippen LogP contribution in [0.25, 0.3) is 11.0 Å². The quantitative estimate of drug-likeness (QED) is 0.341. The topological polar surface area (TPSA) is 104 Å². The molecule has 3 aromatic carbocycles. The zero-order chi connectivity index (χ0) is 21.1. The summed E-state index contributed by atoms with van der Waals surface area (Å²) in [5.41, 5.74) is 1.04. The molecule has 1 heterocycles. The van der Waals surface area contributed by atoms with Crippen molar-refractivity contribution in [1.29, 1.82) is 0 Å². The summed E-state index contributed by atoms with van der Waals surface area (Å²) < 4.78 is 16.2. The first kappa shape index (κ1) is 19.0. The number of benzene rings is 3. The van der Waals surface area contributed by atoms with E-state index in [-0.39, 0.29) is 11.3 Å². The highest BCUT2D eigenvalue weighted by Crippen LogP contribution is 2.28. The van der Waals surface area contributed by atoms with E-state index in [1.165, 1.54) is 24.5 Å². The van der Waals surface area contributed by atoms with Crippen molar-refractivity contribution in [3.63, 3.8) is 0 Å². The van der Waals surface area contributed by atoms with Crippen LogP contribution in [-0.2, 0) is 0 Å². The van der Waals surface area contributed by atoms with Crippen LogP contribution in [-0.4, -0.2) is 17.9 Å². The predicted molar refractivity (Wildman–Crippen MR) is 110 cm³/mol. The number of nitrogens with zero attached hydrogens (tertiary/aromatic N) is 1. The van der Waals surface area contributed by atoms with Gasteiger partial charge in [-0.2, -0.15) is 0 Å². The second-order valence-corrected chi connectivity index (χ2v) is 6.34. The fraction of sp³-hybridized carbons (Fsp3) is 0.0455. The number of rotatable bonds is 6. The molecule has 30 heavy (non-hydrogen) atoms. The lowest BCUT2D eigenvalue weighted by Crippen LogP contribution is -2.11. The molecule has 1 amide bonds. The van der Waals surface area contributed by atoms with Crippen LogP contribution in [0.3, 0.4) is 0 Å². The molecular formula is C22H16N2O6. The number of nitro benzene ring substituents is 1. The Balaban J connectivity index is 1.47. The van der Waals surface area contributed by atoms with Gasteiger partial charge in [-0.3, -0.25) is 14.9 Å². The Bertz CT molecular complexity index is 1210. The highest BCUT2D eigenvalue weighted by atomic mass is 16.6. The predicted octanol–water partition coefficient (Wildman–Crippen LogP) is 5.39. The lowest BCUT2D eigenvalue weighted by molar-refractivity contribution is -0.384. The van der Waals surface area contributed by atoms with E-state index in [4.69, 9.17) is 13.9 Å². The van der Waals surface area contributed by atoms with Crippen molar-refractivity contribution in [3.8, 4) is 17.2 Å². The van der Waals surface area contributed by atoms with Crippen LogP contribution in [0.4, 0.5) is 11.4 Å². The third kappa shape index (κ3) is 3.93. The molecule has 4 aromatic rings. The van der Waals surface area contributed by atoms with Crippen LogP contribution in [0.15, 0.2) is 77.4 Å². The number of carbonyl (C=O) groups excluding carboxylic acids is 1. The monoisotopic (exact) mass is 404 g/mol. The summed E-state index contributed by atoms with van der Waals surface area (Å²) in [6.45, 7) is 0. The molecule has 0 aliphatic heterocycles. The molecule has 0 bridgehead atoms. The van der Waals surface area contributed by atoms with E-state index in [9.17, 15) is 14.9 Å². The number of non-ortho nitro benzene ring substituents is 1. The van der Waals surface area contributed by atoms with Gasteiger partial charge < -0.3 is 19.2 Å². The summed E-state index contributed by atoms with van der Waals surface area (Å²) in [5, 5.41) is 14.1. The number of nitro groups is 1. The van der Waals surface area contributed by atoms with Gasteiger partial charge in [0.25, 0.3) is 11.6 Å². The van der Waals surface area contributed by atoms with E-state index < -0.39 is 10.8 Å². The average Bonchev–Trinajstić information content (AvgIpc) is 3.19. The highest BCUT2D eigenvalue weighted by molar-refractivity contribution is 6.12. The first-order valence-corrected chi connectivity index (χ1v) is 8.92. The molecule has 0 spiro atoms. The number of hydrogen-bond donors (Lipinski definition) is 1. The van der Waals surface area contributed by atoms with Gasteiger partial charge in [-0.25, -0.2) is 0 Å². The summed E-state index contributed by atoms with van der Waals surface area (Å²) in [5.74, 6) is 1.55. The van der Waals surface area contributed by atoms with Crippen LogP contribution in [0.1, 0.15) is 10.4 Å². The summed E-state index contributed by atoms with van der Waals surface area (Å²) >= 11 is 0. The van der Waals surface area contributed by atoms with Crippen LogP contribution >= 0.6 is 0 Å². The number of furan rings is 1. The Morgan fingerprint density at radius 2 is 1.60 bits per heavy atom. The van der Waals surface area contributed by atoms with Gasteiger partial charge in [-0.05, 0) is 54.6 Å². The third-order valence-corrected chi connectivity index (χ3v) is 4.42. The fourth-order valence-electron chi connectivity index (χ4n) is 2.89. The first-order chi connectivity index (χ1) is 14.5. The number of anilines is 1. The van der Waals surface area contributed by atoms with Gasteiger partial charge in [0, 0.05) is 23.2 Å². The Kier molecular flexibility index (Phi) is 5.04. The summed E-state index contributed by atoms with van der Waals surface area (Å²) in [4.78, 5) is 23.1. The van der Waals surface area contributed by atoms with Gasteiger partial charge in [0.15, 0.2) is 0 Å². The Hall–Kier alpha value is -4.33. The molecule has 1 N–H and O–H groups in total. The van der Waals surface area contributed by atoms with Crippen molar-refractivity contribution in [1.82, 2.24) is 0 Å². The molecular weight excluding hydrogens is 388 g/mol. The molecule has 0 aliphatic rings. The fourth-order valence-corrected chi connectivity index (χ4v) is 2.89. The number of ether oxygens (including phenoxy) is 2. The third-order valence-electron chi connectivity index (χ3n) is 4.42. The Labute approximate surface area is 170 Å². The van der Waals surface area contributed by atoms with E-state index in [1.807, 2.05) is 0 Å². The van der Waals surface area contributed by atoms with Gasteiger partial charge in [0.2, 0.25) is 0 Å². The van der Waals surface area contributed by atoms with E-state index in [0.717, 1.165) is 5.75 Å². The number of methoxy groups -OCH3 is 1. The SMILES string of the molecule is COc1ccc(Oc2ccc(NC(=O)c3coc4ccc([N+](=O)[O-])cc34)cc2)cc1.